The summed E-state index contributed by atoms with van der Waals surface area (Å²) in [5, 5.41) is 3.83. The molecule has 3 heteroatoms. The van der Waals surface area contributed by atoms with Gasteiger partial charge >= 0.3 is 0 Å². The number of benzene rings is 3. The average molecular weight is 474 g/mol. The first-order valence-electron chi connectivity index (χ1n) is 12.4. The molecule has 0 spiro atoms. The van der Waals surface area contributed by atoms with Crippen LogP contribution in [0, 0.1) is 5.92 Å². The van der Waals surface area contributed by atoms with Gasteiger partial charge in [0.05, 0.1) is 10.4 Å². The zero-order chi connectivity index (χ0) is 23.9. The summed E-state index contributed by atoms with van der Waals surface area (Å²) >= 11 is 1.81. The lowest BCUT2D eigenvalue weighted by Crippen LogP contribution is -2.16. The molecule has 0 fully saturated rings. The Morgan fingerprint density at radius 3 is 2.51 bits per heavy atom. The number of furan rings is 1. The monoisotopic (exact) mass is 473 g/mol. The largest absolute Gasteiger partial charge is 0.456 e. The minimum absolute atomic E-state index is 0.184. The molecule has 7 rings (SSSR count). The number of aromatic nitrogens is 1. The molecule has 172 valence electrons. The molecule has 0 radical (unpaired) electrons. The fraction of sp³-hybridized carbons (Fsp3) is 0.219. The molecule has 1 aliphatic carbocycles. The first-order valence-corrected chi connectivity index (χ1v) is 13.2. The minimum atomic E-state index is -0.184. The van der Waals surface area contributed by atoms with E-state index in [0.29, 0.717) is 5.92 Å². The summed E-state index contributed by atoms with van der Waals surface area (Å²) in [5.41, 5.74) is 8.22. The van der Waals surface area contributed by atoms with Gasteiger partial charge in [0.25, 0.3) is 0 Å². The maximum Gasteiger partial charge on any atom is 0.139 e. The van der Waals surface area contributed by atoms with Gasteiger partial charge in [0, 0.05) is 49.2 Å². The molecule has 0 unspecified atom stereocenters. The lowest BCUT2D eigenvalue weighted by molar-refractivity contribution is 0.619. The highest BCUT2D eigenvalue weighted by molar-refractivity contribution is 7.25. The Balaban J connectivity index is 1.44. The number of nitrogens with zero attached hydrogens (tertiary/aromatic N) is 1. The number of hydrogen-bond donors (Lipinski definition) is 0. The SMILES string of the molecule is CC(C)Cc1ccc2oc3c(c2c1)C(C)(C)c1c(-c2cc4c(cn2)sc2ccccc24)cccc1-3. The third-order valence-corrected chi connectivity index (χ3v) is 8.62. The fourth-order valence-corrected chi connectivity index (χ4v) is 7.14. The second kappa shape index (κ2) is 7.29. The first kappa shape index (κ1) is 20.9. The Kier molecular flexibility index (Phi) is 4.35. The van der Waals surface area contributed by atoms with Crippen LogP contribution in [-0.2, 0) is 11.8 Å². The van der Waals surface area contributed by atoms with E-state index in [2.05, 4.69) is 94.4 Å². The second-order valence-electron chi connectivity index (χ2n) is 10.8. The highest BCUT2D eigenvalue weighted by atomic mass is 32.1. The second-order valence-corrected chi connectivity index (χ2v) is 11.8. The Morgan fingerprint density at radius 2 is 1.66 bits per heavy atom. The molecule has 3 aromatic heterocycles. The summed E-state index contributed by atoms with van der Waals surface area (Å²) in [6, 6.07) is 24.2. The van der Waals surface area contributed by atoms with Crippen molar-refractivity contribution in [1.29, 1.82) is 0 Å². The third kappa shape index (κ3) is 2.98. The maximum absolute atomic E-state index is 6.52. The number of fused-ring (bicyclic) bond motifs is 8. The summed E-state index contributed by atoms with van der Waals surface area (Å²) in [5.74, 6) is 1.64. The van der Waals surface area contributed by atoms with Gasteiger partial charge in [0.15, 0.2) is 0 Å². The van der Waals surface area contributed by atoms with Gasteiger partial charge in [-0.1, -0.05) is 70.2 Å². The quantitative estimate of drug-likeness (QED) is 0.256. The van der Waals surface area contributed by atoms with Gasteiger partial charge in [-0.3, -0.25) is 4.98 Å². The van der Waals surface area contributed by atoms with Crippen LogP contribution in [0.5, 0.6) is 0 Å². The first-order chi connectivity index (χ1) is 16.9. The van der Waals surface area contributed by atoms with Crippen molar-refractivity contribution in [1.82, 2.24) is 4.98 Å². The van der Waals surface area contributed by atoms with Crippen molar-refractivity contribution >= 4 is 42.5 Å². The topological polar surface area (TPSA) is 26.0 Å². The van der Waals surface area contributed by atoms with E-state index < -0.39 is 0 Å². The van der Waals surface area contributed by atoms with Crippen LogP contribution in [-0.4, -0.2) is 4.98 Å². The Labute approximate surface area is 209 Å². The average Bonchev–Trinajstić information content (AvgIpc) is 3.47. The van der Waals surface area contributed by atoms with Gasteiger partial charge in [-0.05, 0) is 47.7 Å². The normalized spacial score (nSPS) is 14.3. The molecule has 0 saturated heterocycles. The molecule has 0 saturated carbocycles. The van der Waals surface area contributed by atoms with E-state index in [0.717, 1.165) is 23.5 Å². The molecule has 2 nitrogen and oxygen atoms in total. The Hall–Kier alpha value is -3.43. The van der Waals surface area contributed by atoms with E-state index in [9.17, 15) is 0 Å². The molecule has 1 aliphatic rings. The molecule has 3 aromatic carbocycles. The number of hydrogen-bond acceptors (Lipinski definition) is 3. The summed E-state index contributed by atoms with van der Waals surface area (Å²) < 4.78 is 9.06. The molecular formula is C32H27NOS. The van der Waals surface area contributed by atoms with E-state index in [1.807, 2.05) is 17.5 Å². The predicted octanol–water partition coefficient (Wildman–Crippen LogP) is 9.37. The lowest BCUT2D eigenvalue weighted by atomic mass is 9.78. The number of thiophene rings is 1. The van der Waals surface area contributed by atoms with Crippen molar-refractivity contribution in [3.05, 3.63) is 89.6 Å². The Bertz CT molecular complexity index is 1780. The van der Waals surface area contributed by atoms with Crippen molar-refractivity contribution in [3.63, 3.8) is 0 Å². The number of rotatable bonds is 3. The van der Waals surface area contributed by atoms with Gasteiger partial charge in [0.2, 0.25) is 0 Å². The van der Waals surface area contributed by atoms with Crippen molar-refractivity contribution in [2.24, 2.45) is 5.92 Å². The molecule has 0 aliphatic heterocycles. The summed E-state index contributed by atoms with van der Waals surface area (Å²) in [7, 11) is 0. The van der Waals surface area contributed by atoms with E-state index >= 15 is 0 Å². The van der Waals surface area contributed by atoms with Gasteiger partial charge in [-0.25, -0.2) is 0 Å². The summed E-state index contributed by atoms with van der Waals surface area (Å²) in [6.45, 7) is 9.22. The van der Waals surface area contributed by atoms with Crippen molar-refractivity contribution in [3.8, 4) is 22.6 Å². The summed E-state index contributed by atoms with van der Waals surface area (Å²) in [6.07, 6.45) is 3.12. The van der Waals surface area contributed by atoms with E-state index in [1.165, 1.54) is 53.4 Å². The molecule has 0 atom stereocenters. The molecule has 0 amide bonds. The molecule has 0 bridgehead atoms. The van der Waals surface area contributed by atoms with Crippen LogP contribution in [0.3, 0.4) is 0 Å². The molecule has 3 heterocycles. The maximum atomic E-state index is 6.52. The predicted molar refractivity (Wildman–Crippen MR) is 148 cm³/mol. The molecule has 35 heavy (non-hydrogen) atoms. The van der Waals surface area contributed by atoms with Crippen LogP contribution in [0.1, 0.15) is 44.4 Å². The highest BCUT2D eigenvalue weighted by Gasteiger charge is 2.42. The van der Waals surface area contributed by atoms with Crippen molar-refractivity contribution in [2.75, 3.05) is 0 Å². The summed E-state index contributed by atoms with van der Waals surface area (Å²) in [4.78, 5) is 4.95. The van der Waals surface area contributed by atoms with Crippen LogP contribution >= 0.6 is 11.3 Å². The van der Waals surface area contributed by atoms with Crippen LogP contribution in [0.2, 0.25) is 0 Å². The van der Waals surface area contributed by atoms with Crippen LogP contribution < -0.4 is 0 Å². The smallest absolute Gasteiger partial charge is 0.139 e. The van der Waals surface area contributed by atoms with Gasteiger partial charge in [0.1, 0.15) is 11.3 Å². The van der Waals surface area contributed by atoms with Crippen molar-refractivity contribution in [2.45, 2.75) is 39.5 Å². The van der Waals surface area contributed by atoms with Gasteiger partial charge in [-0.15, -0.1) is 11.3 Å². The van der Waals surface area contributed by atoms with Crippen LogP contribution in [0.4, 0.5) is 0 Å². The third-order valence-electron chi connectivity index (χ3n) is 7.50. The molecule has 0 N–H and O–H groups in total. The van der Waals surface area contributed by atoms with E-state index in [4.69, 9.17) is 9.40 Å². The van der Waals surface area contributed by atoms with E-state index in [-0.39, 0.29) is 5.41 Å². The zero-order valence-corrected chi connectivity index (χ0v) is 21.3. The minimum Gasteiger partial charge on any atom is -0.456 e. The highest BCUT2D eigenvalue weighted by Crippen LogP contribution is 2.55. The van der Waals surface area contributed by atoms with Gasteiger partial charge in [-0.2, -0.15) is 0 Å². The number of pyridine rings is 1. The molecule has 6 aromatic rings. The standard InChI is InChI=1S/C32H27NOS/c1-18(2)14-19-12-13-26-24(15-19)30-31(34-26)22-10-7-9-21(29(22)32(30,3)4)25-16-23-20-8-5-6-11-27(20)35-28(23)17-33-25/h5-13,15-18H,14H2,1-4H3. The van der Waals surface area contributed by atoms with Gasteiger partial charge < -0.3 is 4.42 Å². The molecular weight excluding hydrogens is 446 g/mol. The van der Waals surface area contributed by atoms with Crippen molar-refractivity contribution < 1.29 is 4.42 Å². The Morgan fingerprint density at radius 1 is 0.829 bits per heavy atom. The van der Waals surface area contributed by atoms with E-state index in [1.54, 1.807) is 0 Å². The fourth-order valence-electron chi connectivity index (χ4n) is 6.09. The lowest BCUT2D eigenvalue weighted by Gasteiger charge is -2.24. The van der Waals surface area contributed by atoms with Crippen LogP contribution in [0.25, 0.3) is 53.7 Å². The van der Waals surface area contributed by atoms with Crippen LogP contribution in [0.15, 0.2) is 77.3 Å². The zero-order valence-electron chi connectivity index (χ0n) is 20.5.